The van der Waals surface area contributed by atoms with Gasteiger partial charge < -0.3 is 10.4 Å². The molecule has 0 fully saturated rings. The molecule has 0 bridgehead atoms. The Hall–Kier alpha value is -2.58. The summed E-state index contributed by atoms with van der Waals surface area (Å²) in [5.74, 6) is -0.747. The maximum atomic E-state index is 13.2. The molecule has 0 aliphatic rings. The van der Waals surface area contributed by atoms with Gasteiger partial charge in [-0.05, 0) is 40.1 Å². The number of hydrogen-bond donors (Lipinski definition) is 2. The van der Waals surface area contributed by atoms with Gasteiger partial charge in [0.2, 0.25) is 0 Å². The van der Waals surface area contributed by atoms with Crippen molar-refractivity contribution in [1.82, 2.24) is 20.3 Å². The second-order valence-electron chi connectivity index (χ2n) is 5.21. The Bertz CT molecular complexity index is 819. The van der Waals surface area contributed by atoms with E-state index >= 15 is 0 Å². The second-order valence-corrected chi connectivity index (χ2v) is 5.99. The van der Waals surface area contributed by atoms with Crippen molar-refractivity contribution < 1.29 is 14.3 Å². The van der Waals surface area contributed by atoms with Crippen LogP contribution in [0.15, 0.2) is 47.3 Å². The summed E-state index contributed by atoms with van der Waals surface area (Å²) in [4.78, 5) is 12.0. The molecule has 2 heterocycles. The number of nitrogens with zero attached hydrogens (tertiary/aromatic N) is 3. The summed E-state index contributed by atoms with van der Waals surface area (Å²) in [6.45, 7) is 0.405. The van der Waals surface area contributed by atoms with Gasteiger partial charge in [0.25, 0.3) is 5.91 Å². The molecule has 2 N–H and O–H groups in total. The van der Waals surface area contributed by atoms with Crippen molar-refractivity contribution in [3.8, 4) is 0 Å². The Kier molecular flexibility index (Phi) is 4.97. The van der Waals surface area contributed by atoms with Crippen LogP contribution in [-0.2, 0) is 6.54 Å². The molecule has 0 saturated heterocycles. The fourth-order valence-electron chi connectivity index (χ4n) is 2.16. The summed E-state index contributed by atoms with van der Waals surface area (Å²) < 4.78 is 14.6. The van der Waals surface area contributed by atoms with Crippen LogP contribution in [-0.4, -0.2) is 32.6 Å². The van der Waals surface area contributed by atoms with Gasteiger partial charge in [0.1, 0.15) is 5.82 Å². The number of halogens is 1. The van der Waals surface area contributed by atoms with E-state index in [0.29, 0.717) is 6.54 Å². The third-order valence-electron chi connectivity index (χ3n) is 3.39. The summed E-state index contributed by atoms with van der Waals surface area (Å²) >= 11 is 1.48. The molecule has 124 valence electrons. The highest BCUT2D eigenvalue weighted by molar-refractivity contribution is 7.07. The van der Waals surface area contributed by atoms with Crippen LogP contribution in [0.1, 0.15) is 27.7 Å². The molecule has 0 aliphatic heterocycles. The van der Waals surface area contributed by atoms with Crippen LogP contribution in [0.3, 0.4) is 0 Å². The lowest BCUT2D eigenvalue weighted by molar-refractivity contribution is 0.0911. The maximum absolute atomic E-state index is 13.2. The topological polar surface area (TPSA) is 80.0 Å². The molecule has 6 nitrogen and oxygen atoms in total. The fourth-order valence-corrected chi connectivity index (χ4v) is 2.87. The molecule has 2 aromatic heterocycles. The number of hydrogen-bond acceptors (Lipinski definition) is 5. The van der Waals surface area contributed by atoms with Crippen molar-refractivity contribution in [3.05, 3.63) is 69.9 Å². The number of benzene rings is 1. The van der Waals surface area contributed by atoms with Crippen LogP contribution in [0.2, 0.25) is 0 Å². The minimum Gasteiger partial charge on any atom is -0.387 e. The average Bonchev–Trinajstić information content (AvgIpc) is 3.24. The molecule has 0 aliphatic carbocycles. The zero-order valence-electron chi connectivity index (χ0n) is 12.6. The Morgan fingerprint density at radius 3 is 3.04 bits per heavy atom. The third-order valence-corrected chi connectivity index (χ3v) is 4.09. The number of nitrogens with one attached hydrogen (secondary N) is 1. The molecule has 1 unspecified atom stereocenters. The van der Waals surface area contributed by atoms with E-state index in [-0.39, 0.29) is 18.1 Å². The van der Waals surface area contributed by atoms with Crippen LogP contribution in [0, 0.1) is 5.82 Å². The number of carbonyl (C=O) groups is 1. The second kappa shape index (κ2) is 7.33. The minimum absolute atomic E-state index is 0.0896. The lowest BCUT2D eigenvalue weighted by atomic mass is 10.2. The van der Waals surface area contributed by atoms with Crippen molar-refractivity contribution in [1.29, 1.82) is 0 Å². The van der Waals surface area contributed by atoms with E-state index in [4.69, 9.17) is 0 Å². The number of amides is 1. The molecule has 1 aromatic carbocycles. The van der Waals surface area contributed by atoms with Gasteiger partial charge in [0, 0.05) is 6.54 Å². The average molecular weight is 346 g/mol. The first-order valence-corrected chi connectivity index (χ1v) is 8.19. The zero-order chi connectivity index (χ0) is 16.9. The summed E-state index contributed by atoms with van der Waals surface area (Å²) in [6, 6.07) is 7.95. The van der Waals surface area contributed by atoms with Crippen molar-refractivity contribution in [2.75, 3.05) is 6.54 Å². The highest BCUT2D eigenvalue weighted by Crippen LogP contribution is 2.15. The first-order valence-electron chi connectivity index (χ1n) is 7.25. The van der Waals surface area contributed by atoms with Gasteiger partial charge in [-0.3, -0.25) is 4.79 Å². The zero-order valence-corrected chi connectivity index (χ0v) is 13.4. The van der Waals surface area contributed by atoms with Gasteiger partial charge in [-0.1, -0.05) is 17.3 Å². The van der Waals surface area contributed by atoms with E-state index in [1.165, 1.54) is 34.3 Å². The maximum Gasteiger partial charge on any atom is 0.273 e. The van der Waals surface area contributed by atoms with E-state index in [0.717, 1.165) is 11.1 Å². The third kappa shape index (κ3) is 4.03. The fraction of sp³-hybridized carbons (Fsp3) is 0.188. The van der Waals surface area contributed by atoms with E-state index in [9.17, 15) is 14.3 Å². The van der Waals surface area contributed by atoms with Crippen LogP contribution < -0.4 is 5.32 Å². The molecule has 0 saturated carbocycles. The normalized spacial score (nSPS) is 12.1. The SMILES string of the molecule is O=C(NCC(O)c1ccsc1)c1cn(Cc2cccc(F)c2)nn1. The molecule has 3 aromatic rings. The minimum atomic E-state index is -0.762. The van der Waals surface area contributed by atoms with E-state index in [2.05, 4.69) is 15.6 Å². The summed E-state index contributed by atoms with van der Waals surface area (Å²) in [7, 11) is 0. The molecular formula is C16H15FN4O2S. The van der Waals surface area contributed by atoms with Crippen molar-refractivity contribution in [3.63, 3.8) is 0 Å². The summed E-state index contributed by atoms with van der Waals surface area (Å²) in [5.41, 5.74) is 1.62. The number of aliphatic hydroxyl groups excluding tert-OH is 1. The van der Waals surface area contributed by atoms with Crippen molar-refractivity contribution in [2.24, 2.45) is 0 Å². The predicted octanol–water partition coefficient (Wildman–Crippen LogP) is 1.99. The van der Waals surface area contributed by atoms with Crippen LogP contribution in [0.4, 0.5) is 4.39 Å². The van der Waals surface area contributed by atoms with E-state index in [1.54, 1.807) is 18.2 Å². The van der Waals surface area contributed by atoms with Gasteiger partial charge in [0.15, 0.2) is 5.69 Å². The van der Waals surface area contributed by atoms with Crippen LogP contribution >= 0.6 is 11.3 Å². The van der Waals surface area contributed by atoms with Gasteiger partial charge in [-0.2, -0.15) is 11.3 Å². The summed E-state index contributed by atoms with van der Waals surface area (Å²) in [6.07, 6.45) is 0.722. The quantitative estimate of drug-likeness (QED) is 0.715. The largest absolute Gasteiger partial charge is 0.387 e. The number of aliphatic hydroxyl groups is 1. The summed E-state index contributed by atoms with van der Waals surface area (Å²) in [5, 5.41) is 23.9. The molecule has 0 spiro atoms. The standard InChI is InChI=1S/C16H15FN4O2S/c17-13-3-1-2-11(6-13)8-21-9-14(19-20-21)16(23)18-7-15(22)12-4-5-24-10-12/h1-6,9-10,15,22H,7-8H2,(H,18,23). The van der Waals surface area contributed by atoms with Crippen LogP contribution in [0.5, 0.6) is 0 Å². The van der Waals surface area contributed by atoms with Gasteiger partial charge >= 0.3 is 0 Å². The van der Waals surface area contributed by atoms with Gasteiger partial charge in [0.05, 0.1) is 18.8 Å². The Morgan fingerprint density at radius 1 is 1.42 bits per heavy atom. The van der Waals surface area contributed by atoms with Crippen LogP contribution in [0.25, 0.3) is 0 Å². The molecule has 1 atom stereocenters. The molecule has 24 heavy (non-hydrogen) atoms. The molecule has 1 amide bonds. The number of thiophene rings is 1. The van der Waals surface area contributed by atoms with E-state index < -0.39 is 12.0 Å². The number of aromatic nitrogens is 3. The first-order chi connectivity index (χ1) is 11.6. The lowest BCUT2D eigenvalue weighted by Gasteiger charge is -2.09. The molecule has 8 heteroatoms. The predicted molar refractivity (Wildman–Crippen MR) is 87.1 cm³/mol. The van der Waals surface area contributed by atoms with Gasteiger partial charge in [-0.15, -0.1) is 5.10 Å². The first kappa shape index (κ1) is 16.3. The highest BCUT2D eigenvalue weighted by atomic mass is 32.1. The lowest BCUT2D eigenvalue weighted by Crippen LogP contribution is -2.28. The Labute approximate surface area is 141 Å². The monoisotopic (exact) mass is 346 g/mol. The Balaban J connectivity index is 1.57. The Morgan fingerprint density at radius 2 is 2.29 bits per heavy atom. The molecule has 0 radical (unpaired) electrons. The van der Waals surface area contributed by atoms with Gasteiger partial charge in [-0.25, -0.2) is 9.07 Å². The molecular weight excluding hydrogens is 331 g/mol. The highest BCUT2D eigenvalue weighted by Gasteiger charge is 2.14. The number of carbonyl (C=O) groups excluding carboxylic acids is 1. The molecule has 3 rings (SSSR count). The van der Waals surface area contributed by atoms with Crippen molar-refractivity contribution >= 4 is 17.2 Å². The van der Waals surface area contributed by atoms with Crippen molar-refractivity contribution in [2.45, 2.75) is 12.6 Å². The smallest absolute Gasteiger partial charge is 0.273 e. The van der Waals surface area contributed by atoms with E-state index in [1.807, 2.05) is 10.8 Å². The number of rotatable bonds is 6.